The number of hydrogen-bond donors (Lipinski definition) is 3. The van der Waals surface area contributed by atoms with Crippen molar-refractivity contribution in [1.29, 1.82) is 0 Å². The molecule has 0 saturated carbocycles. The molecule has 0 aliphatic carbocycles. The summed E-state index contributed by atoms with van der Waals surface area (Å²) in [4.78, 5) is 32.0. The molecule has 0 radical (unpaired) electrons. The molecule has 0 bridgehead atoms. The van der Waals surface area contributed by atoms with Crippen LogP contribution in [0.2, 0.25) is 0 Å². The lowest BCUT2D eigenvalue weighted by molar-refractivity contribution is -0.159. The van der Waals surface area contributed by atoms with Gasteiger partial charge >= 0.3 is 11.9 Å². The highest BCUT2D eigenvalue weighted by Crippen LogP contribution is 2.03. The minimum atomic E-state index is -1.82. The Morgan fingerprint density at radius 2 is 1.52 bits per heavy atom. The van der Waals surface area contributed by atoms with Crippen LogP contribution in [0.1, 0.15) is 5.56 Å². The van der Waals surface area contributed by atoms with E-state index in [1.807, 2.05) is 35.2 Å². The third-order valence-corrected chi connectivity index (χ3v) is 2.85. The fraction of sp³-hybridized carbons (Fsp3) is 0.357. The molecular formula is C14H18N2O5. The number of nitrogens with one attached hydrogen (secondary N) is 1. The number of amides is 1. The Morgan fingerprint density at radius 3 is 2.00 bits per heavy atom. The predicted molar refractivity (Wildman–Crippen MR) is 74.9 cm³/mol. The second kappa shape index (κ2) is 8.70. The molecule has 1 amide bonds. The molecule has 1 aromatic carbocycles. The van der Waals surface area contributed by atoms with Gasteiger partial charge in [-0.2, -0.15) is 0 Å². The van der Waals surface area contributed by atoms with Gasteiger partial charge in [0.15, 0.2) is 0 Å². The van der Waals surface area contributed by atoms with Crippen LogP contribution < -0.4 is 5.32 Å². The first-order valence-electron chi connectivity index (χ1n) is 6.49. The van der Waals surface area contributed by atoms with Gasteiger partial charge in [0.05, 0.1) is 6.42 Å². The van der Waals surface area contributed by atoms with Crippen molar-refractivity contribution in [2.75, 3.05) is 26.2 Å². The van der Waals surface area contributed by atoms with Crippen LogP contribution in [-0.2, 0) is 20.8 Å². The Hall–Kier alpha value is -2.41. The quantitative estimate of drug-likeness (QED) is 0.653. The summed E-state index contributed by atoms with van der Waals surface area (Å²) < 4.78 is 0. The van der Waals surface area contributed by atoms with Gasteiger partial charge in [0.2, 0.25) is 5.91 Å². The summed E-state index contributed by atoms with van der Waals surface area (Å²) in [6.07, 6.45) is 0.529. The van der Waals surface area contributed by atoms with Gasteiger partial charge in [-0.3, -0.25) is 4.79 Å². The van der Waals surface area contributed by atoms with Gasteiger partial charge in [-0.1, -0.05) is 30.3 Å². The van der Waals surface area contributed by atoms with Crippen LogP contribution in [0.4, 0.5) is 0 Å². The van der Waals surface area contributed by atoms with Crippen molar-refractivity contribution >= 4 is 17.8 Å². The number of nitrogens with zero attached hydrogens (tertiary/aromatic N) is 1. The highest BCUT2D eigenvalue weighted by Gasteiger charge is 2.15. The minimum Gasteiger partial charge on any atom is -0.473 e. The molecule has 7 heteroatoms. The third-order valence-electron chi connectivity index (χ3n) is 2.85. The lowest BCUT2D eigenvalue weighted by Gasteiger charge is -2.27. The number of benzene rings is 1. The maximum Gasteiger partial charge on any atom is 0.414 e. The van der Waals surface area contributed by atoms with E-state index in [4.69, 9.17) is 19.8 Å². The number of aliphatic carboxylic acids is 2. The number of carboxylic acid groups (broad SMARTS) is 2. The SMILES string of the molecule is O=C(Cc1ccccc1)N1CCNCC1.O=C(O)C(=O)O. The average Bonchev–Trinajstić information content (AvgIpc) is 2.49. The first-order chi connectivity index (χ1) is 10.0. The highest BCUT2D eigenvalue weighted by atomic mass is 16.4. The molecule has 1 fully saturated rings. The monoisotopic (exact) mass is 294 g/mol. The average molecular weight is 294 g/mol. The molecule has 1 heterocycles. The fourth-order valence-electron chi connectivity index (χ4n) is 1.80. The summed E-state index contributed by atoms with van der Waals surface area (Å²) in [7, 11) is 0. The van der Waals surface area contributed by atoms with E-state index in [1.54, 1.807) is 0 Å². The Balaban J connectivity index is 0.000000315. The summed E-state index contributed by atoms with van der Waals surface area (Å²) in [5, 5.41) is 18.0. The first-order valence-corrected chi connectivity index (χ1v) is 6.49. The molecule has 1 aliphatic heterocycles. The molecule has 21 heavy (non-hydrogen) atoms. The van der Waals surface area contributed by atoms with Crippen LogP contribution in [0.15, 0.2) is 30.3 Å². The summed E-state index contributed by atoms with van der Waals surface area (Å²) in [5.41, 5.74) is 1.10. The zero-order valence-electron chi connectivity index (χ0n) is 11.5. The van der Waals surface area contributed by atoms with Crippen LogP contribution >= 0.6 is 0 Å². The van der Waals surface area contributed by atoms with E-state index in [2.05, 4.69) is 5.32 Å². The zero-order valence-corrected chi connectivity index (χ0v) is 11.5. The van der Waals surface area contributed by atoms with Gasteiger partial charge in [0, 0.05) is 26.2 Å². The minimum absolute atomic E-state index is 0.239. The smallest absolute Gasteiger partial charge is 0.414 e. The molecule has 1 saturated heterocycles. The molecule has 0 aromatic heterocycles. The van der Waals surface area contributed by atoms with Crippen LogP contribution in [0, 0.1) is 0 Å². The second-order valence-electron chi connectivity index (χ2n) is 4.40. The summed E-state index contributed by atoms with van der Waals surface area (Å²) in [6, 6.07) is 9.92. The number of carbonyl (C=O) groups excluding carboxylic acids is 1. The third kappa shape index (κ3) is 6.53. The lowest BCUT2D eigenvalue weighted by atomic mass is 10.1. The summed E-state index contributed by atoms with van der Waals surface area (Å²) >= 11 is 0. The van der Waals surface area contributed by atoms with Gasteiger partial charge in [-0.15, -0.1) is 0 Å². The fourth-order valence-corrected chi connectivity index (χ4v) is 1.80. The van der Waals surface area contributed by atoms with Gasteiger partial charge < -0.3 is 20.4 Å². The van der Waals surface area contributed by atoms with E-state index in [1.165, 1.54) is 0 Å². The summed E-state index contributed by atoms with van der Waals surface area (Å²) in [5.74, 6) is -3.41. The van der Waals surface area contributed by atoms with Crippen molar-refractivity contribution in [3.05, 3.63) is 35.9 Å². The molecule has 114 valence electrons. The highest BCUT2D eigenvalue weighted by molar-refractivity contribution is 6.27. The second-order valence-corrected chi connectivity index (χ2v) is 4.40. The molecule has 3 N–H and O–H groups in total. The van der Waals surface area contributed by atoms with Gasteiger partial charge in [0.25, 0.3) is 0 Å². The number of piperazine rings is 1. The Bertz CT molecular complexity index is 471. The van der Waals surface area contributed by atoms with E-state index < -0.39 is 11.9 Å². The van der Waals surface area contributed by atoms with Gasteiger partial charge in [0.1, 0.15) is 0 Å². The molecule has 0 unspecified atom stereocenters. The van der Waals surface area contributed by atoms with E-state index in [9.17, 15) is 4.79 Å². The van der Waals surface area contributed by atoms with Crippen molar-refractivity contribution in [3.63, 3.8) is 0 Å². The summed E-state index contributed by atoms with van der Waals surface area (Å²) in [6.45, 7) is 3.51. The van der Waals surface area contributed by atoms with Gasteiger partial charge in [-0.25, -0.2) is 9.59 Å². The molecule has 0 spiro atoms. The molecule has 1 aliphatic rings. The first kappa shape index (κ1) is 16.6. The molecule has 2 rings (SSSR count). The van der Waals surface area contributed by atoms with Crippen LogP contribution in [0.3, 0.4) is 0 Å². The Morgan fingerprint density at radius 1 is 1.00 bits per heavy atom. The normalized spacial score (nSPS) is 13.8. The zero-order chi connectivity index (χ0) is 15.7. The Kier molecular flexibility index (Phi) is 6.90. The number of hydrogen-bond acceptors (Lipinski definition) is 4. The van der Waals surface area contributed by atoms with Crippen molar-refractivity contribution in [2.45, 2.75) is 6.42 Å². The van der Waals surface area contributed by atoms with Crippen molar-refractivity contribution in [3.8, 4) is 0 Å². The molecule has 7 nitrogen and oxygen atoms in total. The van der Waals surface area contributed by atoms with E-state index in [0.29, 0.717) is 6.42 Å². The number of carboxylic acids is 2. The van der Waals surface area contributed by atoms with Crippen LogP contribution in [0.5, 0.6) is 0 Å². The van der Waals surface area contributed by atoms with E-state index in [0.717, 1.165) is 31.7 Å². The standard InChI is InChI=1S/C12H16N2O.C2H2O4/c15-12(14-8-6-13-7-9-14)10-11-4-2-1-3-5-11;3-1(4)2(5)6/h1-5,13H,6-10H2;(H,3,4)(H,5,6). The number of rotatable bonds is 2. The topological polar surface area (TPSA) is 107 Å². The number of carbonyl (C=O) groups is 3. The lowest BCUT2D eigenvalue weighted by Crippen LogP contribution is -2.46. The van der Waals surface area contributed by atoms with Crippen LogP contribution in [-0.4, -0.2) is 59.1 Å². The van der Waals surface area contributed by atoms with E-state index in [-0.39, 0.29) is 5.91 Å². The van der Waals surface area contributed by atoms with Crippen molar-refractivity contribution in [2.24, 2.45) is 0 Å². The Labute approximate surface area is 122 Å². The predicted octanol–water partition coefficient (Wildman–Crippen LogP) is -0.183. The molecule has 0 atom stereocenters. The van der Waals surface area contributed by atoms with Gasteiger partial charge in [-0.05, 0) is 5.56 Å². The van der Waals surface area contributed by atoms with Crippen molar-refractivity contribution in [1.82, 2.24) is 10.2 Å². The molecular weight excluding hydrogens is 276 g/mol. The van der Waals surface area contributed by atoms with Crippen LogP contribution in [0.25, 0.3) is 0 Å². The van der Waals surface area contributed by atoms with Crippen molar-refractivity contribution < 1.29 is 24.6 Å². The maximum absolute atomic E-state index is 11.9. The molecule has 1 aromatic rings. The maximum atomic E-state index is 11.9. The largest absolute Gasteiger partial charge is 0.473 e. The van der Waals surface area contributed by atoms with E-state index >= 15 is 0 Å².